The van der Waals surface area contributed by atoms with E-state index < -0.39 is 0 Å². The second kappa shape index (κ2) is 4.34. The molecule has 2 aromatic rings. The Morgan fingerprint density at radius 3 is 2.68 bits per heavy atom. The van der Waals surface area contributed by atoms with Crippen molar-refractivity contribution < 1.29 is 4.79 Å². The highest BCUT2D eigenvalue weighted by molar-refractivity contribution is 6.00. The fourth-order valence-electron chi connectivity index (χ4n) is 2.65. The smallest absolute Gasteiger partial charge is 0.163 e. The summed E-state index contributed by atoms with van der Waals surface area (Å²) in [6, 6.07) is 6.51. The normalized spacial score (nSPS) is 14.2. The van der Waals surface area contributed by atoms with Gasteiger partial charge in [-0.05, 0) is 38.3 Å². The van der Waals surface area contributed by atoms with E-state index in [0.717, 1.165) is 28.8 Å². The first kappa shape index (κ1) is 12.2. The molecule has 1 aromatic heterocycles. The topological polar surface area (TPSA) is 34.9 Å². The van der Waals surface area contributed by atoms with Gasteiger partial charge in [-0.25, -0.2) is 0 Å². The number of benzene rings is 1. The fraction of sp³-hybridized carbons (Fsp3) is 0.375. The van der Waals surface area contributed by atoms with E-state index in [9.17, 15) is 4.79 Å². The molecule has 0 saturated carbocycles. The summed E-state index contributed by atoms with van der Waals surface area (Å²) in [7, 11) is 0. The molecule has 1 aliphatic rings. The molecule has 0 atom stereocenters. The average Bonchev–Trinajstić information content (AvgIpc) is 2.93. The molecule has 19 heavy (non-hydrogen) atoms. The lowest BCUT2D eigenvalue weighted by Crippen LogP contribution is -2.00. The molecule has 0 N–H and O–H groups in total. The maximum Gasteiger partial charge on any atom is 0.163 e. The summed E-state index contributed by atoms with van der Waals surface area (Å²) < 4.78 is 1.99. The number of carbonyl (C=O) groups is 1. The summed E-state index contributed by atoms with van der Waals surface area (Å²) in [4.78, 5) is 11.7. The van der Waals surface area contributed by atoms with E-state index in [1.54, 1.807) is 0 Å². The molecule has 0 unspecified atom stereocenters. The van der Waals surface area contributed by atoms with Crippen molar-refractivity contribution in [3.05, 3.63) is 41.2 Å². The van der Waals surface area contributed by atoms with Crippen molar-refractivity contribution in [2.24, 2.45) is 0 Å². The van der Waals surface area contributed by atoms with Crippen LogP contribution >= 0.6 is 0 Å². The van der Waals surface area contributed by atoms with E-state index in [0.29, 0.717) is 12.5 Å². The van der Waals surface area contributed by atoms with Crippen LogP contribution in [0.25, 0.3) is 11.1 Å². The highest BCUT2D eigenvalue weighted by Gasteiger charge is 2.20. The molecule has 1 aromatic carbocycles. The Morgan fingerprint density at radius 2 is 2.00 bits per heavy atom. The van der Waals surface area contributed by atoms with Crippen molar-refractivity contribution in [2.75, 3.05) is 0 Å². The molecular formula is C16H18N2O. The summed E-state index contributed by atoms with van der Waals surface area (Å²) in [5.74, 6) is 0.274. The number of nitrogens with zero attached hydrogens (tertiary/aromatic N) is 2. The van der Waals surface area contributed by atoms with Crippen LogP contribution in [0.2, 0.25) is 0 Å². The fourth-order valence-corrected chi connectivity index (χ4v) is 2.65. The molecular weight excluding hydrogens is 236 g/mol. The van der Waals surface area contributed by atoms with Gasteiger partial charge in [0.1, 0.15) is 0 Å². The van der Waals surface area contributed by atoms with Crippen molar-refractivity contribution in [1.82, 2.24) is 9.78 Å². The lowest BCUT2D eigenvalue weighted by atomic mass is 10.0. The molecule has 0 fully saturated rings. The van der Waals surface area contributed by atoms with Gasteiger partial charge in [0, 0.05) is 29.8 Å². The van der Waals surface area contributed by atoms with Gasteiger partial charge in [0.05, 0.1) is 5.69 Å². The number of rotatable bonds is 2. The van der Waals surface area contributed by atoms with Crippen LogP contribution < -0.4 is 0 Å². The molecule has 3 heteroatoms. The second-order valence-corrected chi connectivity index (χ2v) is 5.50. The molecule has 0 radical (unpaired) electrons. The van der Waals surface area contributed by atoms with Gasteiger partial charge in [0.15, 0.2) is 5.78 Å². The van der Waals surface area contributed by atoms with E-state index >= 15 is 0 Å². The maximum absolute atomic E-state index is 11.7. The molecule has 0 spiro atoms. The highest BCUT2D eigenvalue weighted by Crippen LogP contribution is 2.29. The van der Waals surface area contributed by atoms with Crippen molar-refractivity contribution in [3.63, 3.8) is 0 Å². The minimum Gasteiger partial charge on any atom is -0.294 e. The molecule has 0 aliphatic heterocycles. The van der Waals surface area contributed by atoms with Gasteiger partial charge in [0.2, 0.25) is 0 Å². The van der Waals surface area contributed by atoms with Gasteiger partial charge in [-0.3, -0.25) is 9.48 Å². The lowest BCUT2D eigenvalue weighted by Gasteiger charge is -2.04. The van der Waals surface area contributed by atoms with Crippen molar-refractivity contribution >= 4 is 5.78 Å². The number of aryl methyl sites for hydroxylation is 2. The molecule has 3 rings (SSSR count). The first-order valence-corrected chi connectivity index (χ1v) is 6.78. The van der Waals surface area contributed by atoms with Gasteiger partial charge in [-0.2, -0.15) is 5.10 Å². The molecule has 0 amide bonds. The van der Waals surface area contributed by atoms with Crippen LogP contribution in [0.3, 0.4) is 0 Å². The summed E-state index contributed by atoms with van der Waals surface area (Å²) in [6.07, 6.45) is 3.63. The van der Waals surface area contributed by atoms with Gasteiger partial charge in [-0.15, -0.1) is 0 Å². The molecule has 3 nitrogen and oxygen atoms in total. The Hall–Kier alpha value is -1.90. The average molecular weight is 254 g/mol. The standard InChI is InChI=1S/C16H18N2O/c1-10(2)18-9-15(11(3)17-18)13-4-6-14-12(8-13)5-7-16(14)19/h4,6,8-10H,5,7H2,1-3H3. The quantitative estimate of drug-likeness (QED) is 0.821. The first-order valence-electron chi connectivity index (χ1n) is 6.78. The van der Waals surface area contributed by atoms with E-state index in [1.165, 1.54) is 5.56 Å². The predicted octanol–water partition coefficient (Wildman–Crippen LogP) is 3.57. The summed E-state index contributed by atoms with van der Waals surface area (Å²) in [6.45, 7) is 6.28. The van der Waals surface area contributed by atoms with Crippen LogP contribution in [0.1, 0.15) is 47.9 Å². The zero-order valence-electron chi connectivity index (χ0n) is 11.6. The zero-order valence-corrected chi connectivity index (χ0v) is 11.6. The minimum absolute atomic E-state index is 0.274. The van der Waals surface area contributed by atoms with E-state index in [4.69, 9.17) is 0 Å². The van der Waals surface area contributed by atoms with Crippen LogP contribution in [0, 0.1) is 6.92 Å². The zero-order chi connectivity index (χ0) is 13.6. The number of ketones is 1. The van der Waals surface area contributed by atoms with Crippen molar-refractivity contribution in [3.8, 4) is 11.1 Å². The third kappa shape index (κ3) is 1.99. The second-order valence-electron chi connectivity index (χ2n) is 5.50. The molecule has 98 valence electrons. The van der Waals surface area contributed by atoms with E-state index in [-0.39, 0.29) is 5.78 Å². The Balaban J connectivity index is 2.06. The number of aromatic nitrogens is 2. The highest BCUT2D eigenvalue weighted by atomic mass is 16.1. The Kier molecular flexibility index (Phi) is 2.77. The van der Waals surface area contributed by atoms with Gasteiger partial charge < -0.3 is 0 Å². The number of hydrogen-bond donors (Lipinski definition) is 0. The maximum atomic E-state index is 11.7. The molecule has 1 heterocycles. The lowest BCUT2D eigenvalue weighted by molar-refractivity contribution is 0.0994. The SMILES string of the molecule is Cc1nn(C(C)C)cc1-c1ccc2c(c1)CCC2=O. The summed E-state index contributed by atoms with van der Waals surface area (Å²) in [5, 5.41) is 4.54. The number of carbonyl (C=O) groups excluding carboxylic acids is 1. The van der Waals surface area contributed by atoms with Crippen LogP contribution in [-0.4, -0.2) is 15.6 Å². The summed E-state index contributed by atoms with van der Waals surface area (Å²) in [5.41, 5.74) is 5.45. The van der Waals surface area contributed by atoms with Crippen LogP contribution in [0.5, 0.6) is 0 Å². The summed E-state index contributed by atoms with van der Waals surface area (Å²) >= 11 is 0. The molecule has 0 bridgehead atoms. The molecule has 0 saturated heterocycles. The number of hydrogen-bond acceptors (Lipinski definition) is 2. The monoisotopic (exact) mass is 254 g/mol. The van der Waals surface area contributed by atoms with E-state index in [1.807, 2.05) is 23.7 Å². The Bertz CT molecular complexity index is 653. The minimum atomic E-state index is 0.274. The van der Waals surface area contributed by atoms with Gasteiger partial charge >= 0.3 is 0 Å². The van der Waals surface area contributed by atoms with Crippen molar-refractivity contribution in [2.45, 2.75) is 39.7 Å². The Morgan fingerprint density at radius 1 is 1.21 bits per heavy atom. The van der Waals surface area contributed by atoms with Crippen LogP contribution in [0.4, 0.5) is 0 Å². The van der Waals surface area contributed by atoms with Gasteiger partial charge in [0.25, 0.3) is 0 Å². The predicted molar refractivity (Wildman–Crippen MR) is 75.4 cm³/mol. The van der Waals surface area contributed by atoms with Gasteiger partial charge in [-0.1, -0.05) is 18.2 Å². The molecule has 1 aliphatic carbocycles. The largest absolute Gasteiger partial charge is 0.294 e. The van der Waals surface area contributed by atoms with Crippen LogP contribution in [-0.2, 0) is 6.42 Å². The third-order valence-corrected chi connectivity index (χ3v) is 3.78. The van der Waals surface area contributed by atoms with Crippen LogP contribution in [0.15, 0.2) is 24.4 Å². The Labute approximate surface area is 113 Å². The number of Topliss-reactive ketones (excluding diaryl/α,β-unsaturated/α-hetero) is 1. The number of fused-ring (bicyclic) bond motifs is 1. The first-order chi connectivity index (χ1) is 9.06. The third-order valence-electron chi connectivity index (χ3n) is 3.78. The van der Waals surface area contributed by atoms with E-state index in [2.05, 4.69) is 31.2 Å². The van der Waals surface area contributed by atoms with Crippen molar-refractivity contribution in [1.29, 1.82) is 0 Å².